The molecule has 0 aliphatic heterocycles. The van der Waals surface area contributed by atoms with Crippen LogP contribution < -0.4 is 5.32 Å². The highest BCUT2D eigenvalue weighted by atomic mass is 19.4. The standard InChI is InChI=1S/C21H20F5N/c22-17-2-1-3-18(23)20(17)19(10-21(24,25)26)27-11-12-4-5-13-6-7-14-9-16(14)15(13)8-12/h1-5,8,14,16,19,27H,6-7,9-11H2/t14?,16-,19?/m0/s1. The number of benzene rings is 2. The maximum atomic E-state index is 14.0. The van der Waals surface area contributed by atoms with E-state index in [1.54, 1.807) is 0 Å². The van der Waals surface area contributed by atoms with E-state index in [1.165, 1.54) is 24.0 Å². The fourth-order valence-electron chi connectivity index (χ4n) is 4.21. The Morgan fingerprint density at radius 3 is 2.52 bits per heavy atom. The van der Waals surface area contributed by atoms with Crippen LogP contribution in [0, 0.1) is 17.6 Å². The highest BCUT2D eigenvalue weighted by molar-refractivity contribution is 5.40. The molecule has 2 aliphatic rings. The van der Waals surface area contributed by atoms with Crippen molar-refractivity contribution in [2.45, 2.75) is 50.4 Å². The van der Waals surface area contributed by atoms with Crippen molar-refractivity contribution in [3.05, 3.63) is 70.3 Å². The zero-order valence-electron chi connectivity index (χ0n) is 14.6. The molecule has 27 heavy (non-hydrogen) atoms. The fourth-order valence-corrected chi connectivity index (χ4v) is 4.21. The van der Waals surface area contributed by atoms with Gasteiger partial charge in [-0.1, -0.05) is 24.3 Å². The first-order chi connectivity index (χ1) is 12.8. The highest BCUT2D eigenvalue weighted by Crippen LogP contribution is 2.54. The van der Waals surface area contributed by atoms with Crippen molar-refractivity contribution in [1.29, 1.82) is 0 Å². The molecule has 2 unspecified atom stereocenters. The summed E-state index contributed by atoms with van der Waals surface area (Å²) < 4.78 is 67.0. The van der Waals surface area contributed by atoms with Crippen LogP contribution in [0.5, 0.6) is 0 Å². The van der Waals surface area contributed by atoms with Gasteiger partial charge < -0.3 is 5.32 Å². The fraction of sp³-hybridized carbons (Fsp3) is 0.429. The van der Waals surface area contributed by atoms with Crippen LogP contribution in [0.2, 0.25) is 0 Å². The van der Waals surface area contributed by atoms with Gasteiger partial charge in [0.1, 0.15) is 11.6 Å². The van der Waals surface area contributed by atoms with Crippen LogP contribution in [0.3, 0.4) is 0 Å². The molecule has 6 heteroatoms. The lowest BCUT2D eigenvalue weighted by Gasteiger charge is -2.22. The minimum Gasteiger partial charge on any atom is -0.305 e. The largest absolute Gasteiger partial charge is 0.390 e. The van der Waals surface area contributed by atoms with Gasteiger partial charge in [-0.05, 0) is 59.9 Å². The summed E-state index contributed by atoms with van der Waals surface area (Å²) in [4.78, 5) is 0. The third-order valence-corrected chi connectivity index (χ3v) is 5.65. The van der Waals surface area contributed by atoms with Crippen molar-refractivity contribution in [3.8, 4) is 0 Å². The van der Waals surface area contributed by atoms with Crippen molar-refractivity contribution in [2.24, 2.45) is 5.92 Å². The SMILES string of the molecule is Fc1cccc(F)c1C(CC(F)(F)F)NCc1ccc2c(c1)[C@H]1CC1CC2. The second kappa shape index (κ2) is 6.89. The van der Waals surface area contributed by atoms with Gasteiger partial charge in [-0.25, -0.2) is 8.78 Å². The predicted molar refractivity (Wildman–Crippen MR) is 92.2 cm³/mol. The number of alkyl halides is 3. The average Bonchev–Trinajstić information content (AvgIpc) is 3.38. The Morgan fingerprint density at radius 1 is 1.07 bits per heavy atom. The van der Waals surface area contributed by atoms with Crippen molar-refractivity contribution in [2.75, 3.05) is 0 Å². The lowest BCUT2D eigenvalue weighted by molar-refractivity contribution is -0.140. The zero-order valence-corrected chi connectivity index (χ0v) is 14.6. The molecular weight excluding hydrogens is 361 g/mol. The first kappa shape index (κ1) is 18.4. The lowest BCUT2D eigenvalue weighted by Crippen LogP contribution is -2.28. The summed E-state index contributed by atoms with van der Waals surface area (Å²) in [7, 11) is 0. The molecule has 0 bridgehead atoms. The second-order valence-electron chi connectivity index (χ2n) is 7.56. The molecule has 1 nitrogen and oxygen atoms in total. The van der Waals surface area contributed by atoms with Gasteiger partial charge in [0, 0.05) is 18.2 Å². The Hall–Kier alpha value is -1.95. The Bertz CT molecular complexity index is 825. The number of aryl methyl sites for hydroxylation is 1. The average molecular weight is 381 g/mol. The summed E-state index contributed by atoms with van der Waals surface area (Å²) in [5.41, 5.74) is 2.87. The van der Waals surface area contributed by atoms with Crippen LogP contribution in [-0.2, 0) is 13.0 Å². The van der Waals surface area contributed by atoms with Crippen LogP contribution in [0.25, 0.3) is 0 Å². The number of hydrogen-bond donors (Lipinski definition) is 1. The molecule has 0 radical (unpaired) electrons. The minimum atomic E-state index is -4.54. The van der Waals surface area contributed by atoms with Crippen LogP contribution >= 0.6 is 0 Å². The topological polar surface area (TPSA) is 12.0 Å². The molecule has 2 aliphatic carbocycles. The Kier molecular flexibility index (Phi) is 4.70. The Balaban J connectivity index is 1.55. The molecule has 1 N–H and O–H groups in total. The summed E-state index contributed by atoms with van der Waals surface area (Å²) in [5.74, 6) is -0.624. The van der Waals surface area contributed by atoms with Gasteiger partial charge in [-0.2, -0.15) is 13.2 Å². The first-order valence-electron chi connectivity index (χ1n) is 9.17. The summed E-state index contributed by atoms with van der Waals surface area (Å²) in [6, 6.07) is 7.59. The minimum absolute atomic E-state index is 0.124. The third-order valence-electron chi connectivity index (χ3n) is 5.65. The third kappa shape index (κ3) is 4.00. The van der Waals surface area contributed by atoms with Crippen molar-refractivity contribution >= 4 is 0 Å². The van der Waals surface area contributed by atoms with Crippen molar-refractivity contribution in [1.82, 2.24) is 5.32 Å². The van der Waals surface area contributed by atoms with Crippen LogP contribution in [0.15, 0.2) is 36.4 Å². The number of fused-ring (bicyclic) bond motifs is 3. The normalized spacial score (nSPS) is 22.1. The summed E-state index contributed by atoms with van der Waals surface area (Å²) in [6.45, 7) is 0.124. The maximum absolute atomic E-state index is 14.0. The molecule has 144 valence electrons. The summed E-state index contributed by atoms with van der Waals surface area (Å²) in [6.07, 6.45) is -2.44. The van der Waals surface area contributed by atoms with E-state index in [4.69, 9.17) is 0 Å². The second-order valence-corrected chi connectivity index (χ2v) is 7.56. The number of rotatable bonds is 5. The first-order valence-corrected chi connectivity index (χ1v) is 9.17. The van der Waals surface area contributed by atoms with E-state index in [-0.39, 0.29) is 6.54 Å². The van der Waals surface area contributed by atoms with Crippen LogP contribution in [0.4, 0.5) is 22.0 Å². The van der Waals surface area contributed by atoms with Gasteiger partial charge in [0.15, 0.2) is 0 Å². The highest BCUT2D eigenvalue weighted by Gasteiger charge is 2.42. The molecular formula is C21H20F5N. The lowest BCUT2D eigenvalue weighted by atomic mass is 9.90. The van der Waals surface area contributed by atoms with E-state index < -0.39 is 35.8 Å². The van der Waals surface area contributed by atoms with Gasteiger partial charge in [-0.3, -0.25) is 0 Å². The molecule has 0 saturated heterocycles. The van der Waals surface area contributed by atoms with Crippen molar-refractivity contribution < 1.29 is 22.0 Å². The van der Waals surface area contributed by atoms with Crippen LogP contribution in [-0.4, -0.2) is 6.18 Å². The van der Waals surface area contributed by atoms with Crippen LogP contribution in [0.1, 0.15) is 53.5 Å². The molecule has 3 atom stereocenters. The maximum Gasteiger partial charge on any atom is 0.390 e. The van der Waals surface area contributed by atoms with E-state index in [1.807, 2.05) is 18.2 Å². The molecule has 1 saturated carbocycles. The zero-order chi connectivity index (χ0) is 19.2. The van der Waals surface area contributed by atoms with Crippen molar-refractivity contribution in [3.63, 3.8) is 0 Å². The van der Waals surface area contributed by atoms with Gasteiger partial charge in [0.2, 0.25) is 0 Å². The summed E-state index contributed by atoms with van der Waals surface area (Å²) in [5, 5.41) is 2.73. The van der Waals surface area contributed by atoms with Gasteiger partial charge in [0.25, 0.3) is 0 Å². The smallest absolute Gasteiger partial charge is 0.305 e. The van der Waals surface area contributed by atoms with Gasteiger partial charge in [0.05, 0.1) is 6.42 Å². The molecule has 1 fully saturated rings. The molecule has 2 aromatic carbocycles. The number of hydrogen-bond acceptors (Lipinski definition) is 1. The Morgan fingerprint density at radius 2 is 1.81 bits per heavy atom. The molecule has 0 heterocycles. The van der Waals surface area contributed by atoms with Gasteiger partial charge >= 0.3 is 6.18 Å². The Labute approximate surface area is 154 Å². The van der Waals surface area contributed by atoms with E-state index in [0.717, 1.165) is 36.1 Å². The van der Waals surface area contributed by atoms with E-state index >= 15 is 0 Å². The quantitative estimate of drug-likeness (QED) is 0.646. The molecule has 0 aromatic heterocycles. The monoisotopic (exact) mass is 381 g/mol. The summed E-state index contributed by atoms with van der Waals surface area (Å²) >= 11 is 0. The molecule has 4 rings (SSSR count). The molecule has 0 amide bonds. The van der Waals surface area contributed by atoms with E-state index in [2.05, 4.69) is 5.32 Å². The van der Waals surface area contributed by atoms with E-state index in [0.29, 0.717) is 5.92 Å². The van der Waals surface area contributed by atoms with E-state index in [9.17, 15) is 22.0 Å². The molecule has 2 aromatic rings. The predicted octanol–water partition coefficient (Wildman–Crippen LogP) is 5.80. The van der Waals surface area contributed by atoms with Gasteiger partial charge in [-0.15, -0.1) is 0 Å². The number of halogens is 5. The number of nitrogens with one attached hydrogen (secondary N) is 1. The molecule has 0 spiro atoms.